The molecule has 0 radical (unpaired) electrons. The Kier molecular flexibility index (Phi) is 5.54. The summed E-state index contributed by atoms with van der Waals surface area (Å²) in [6.45, 7) is 1.86. The van der Waals surface area contributed by atoms with Crippen molar-refractivity contribution >= 4 is 23.2 Å². The molecule has 1 aliphatic rings. The lowest BCUT2D eigenvalue weighted by molar-refractivity contribution is -0.135. The van der Waals surface area contributed by atoms with E-state index in [9.17, 15) is 14.3 Å². The second-order valence-corrected chi connectivity index (χ2v) is 7.13. The van der Waals surface area contributed by atoms with Crippen molar-refractivity contribution in [2.45, 2.75) is 13.3 Å². The van der Waals surface area contributed by atoms with Gasteiger partial charge in [-0.25, -0.2) is 9.37 Å². The fraction of sp³-hybridized carbons (Fsp3) is 0.120. The van der Waals surface area contributed by atoms with Crippen molar-refractivity contribution in [1.82, 2.24) is 4.98 Å². The maximum atomic E-state index is 13.8. The summed E-state index contributed by atoms with van der Waals surface area (Å²) in [6.07, 6.45) is 3.44. The highest BCUT2D eigenvalue weighted by Crippen LogP contribution is 2.43. The van der Waals surface area contributed by atoms with Crippen LogP contribution in [0, 0.1) is 5.82 Å². The van der Waals surface area contributed by atoms with Crippen LogP contribution in [0.4, 0.5) is 4.39 Å². The van der Waals surface area contributed by atoms with Gasteiger partial charge in [0.1, 0.15) is 17.3 Å². The number of carbonyl (C=O) groups is 1. The highest BCUT2D eigenvalue weighted by molar-refractivity contribution is 6.07. The molecule has 0 spiro atoms. The molecule has 1 aliphatic carbocycles. The molecule has 0 amide bonds. The first-order valence-electron chi connectivity index (χ1n) is 9.66. The minimum Gasteiger partial charge on any atom is -0.497 e. The molecule has 1 aromatic heterocycles. The van der Waals surface area contributed by atoms with Gasteiger partial charge in [-0.2, -0.15) is 0 Å². The van der Waals surface area contributed by atoms with E-state index in [2.05, 4.69) is 4.98 Å². The Morgan fingerprint density at radius 3 is 2.45 bits per heavy atom. The molecule has 0 fully saturated rings. The second kappa shape index (κ2) is 8.44. The minimum absolute atomic E-state index is 0.160. The van der Waals surface area contributed by atoms with Crippen molar-refractivity contribution in [3.05, 3.63) is 88.9 Å². The Hall–Kier alpha value is -3.93. The number of halogens is 1. The topological polar surface area (TPSA) is 68.7 Å². The molecular weight excluding hydrogens is 397 g/mol. The van der Waals surface area contributed by atoms with Crippen LogP contribution >= 0.6 is 0 Å². The average Bonchev–Trinajstić information content (AvgIpc) is 3.00. The number of rotatable bonds is 6. The third-order valence-electron chi connectivity index (χ3n) is 5.13. The first kappa shape index (κ1) is 20.3. The van der Waals surface area contributed by atoms with Crippen LogP contribution in [-0.4, -0.2) is 23.2 Å². The second-order valence-electron chi connectivity index (χ2n) is 7.13. The molecule has 4 rings (SSSR count). The maximum Gasteiger partial charge on any atom is 0.307 e. The molecule has 2 aromatic carbocycles. The van der Waals surface area contributed by atoms with E-state index in [0.717, 1.165) is 28.0 Å². The number of carboxylic acid groups (broad SMARTS) is 1. The van der Waals surface area contributed by atoms with E-state index in [1.165, 1.54) is 12.1 Å². The first-order chi connectivity index (χ1) is 14.9. The Morgan fingerprint density at radius 1 is 1.06 bits per heavy atom. The van der Waals surface area contributed by atoms with Gasteiger partial charge in [0, 0.05) is 12.3 Å². The molecular formula is C25H20FNO4. The summed E-state index contributed by atoms with van der Waals surface area (Å²) in [4.78, 5) is 15.7. The van der Waals surface area contributed by atoms with Gasteiger partial charge in [0.05, 0.1) is 13.5 Å². The van der Waals surface area contributed by atoms with Gasteiger partial charge in [0.15, 0.2) is 0 Å². The summed E-state index contributed by atoms with van der Waals surface area (Å²) < 4.78 is 24.7. The van der Waals surface area contributed by atoms with E-state index in [0.29, 0.717) is 22.8 Å². The molecule has 156 valence electrons. The van der Waals surface area contributed by atoms with E-state index in [4.69, 9.17) is 9.47 Å². The highest BCUT2D eigenvalue weighted by atomic mass is 19.1. The van der Waals surface area contributed by atoms with Gasteiger partial charge in [-0.1, -0.05) is 6.07 Å². The summed E-state index contributed by atoms with van der Waals surface area (Å²) in [6, 6.07) is 15.3. The van der Waals surface area contributed by atoms with E-state index >= 15 is 0 Å². The van der Waals surface area contributed by atoms with E-state index in [-0.39, 0.29) is 6.42 Å². The van der Waals surface area contributed by atoms with Crippen LogP contribution in [0.15, 0.2) is 66.4 Å². The number of pyridine rings is 1. The van der Waals surface area contributed by atoms with Crippen LogP contribution in [0.3, 0.4) is 0 Å². The van der Waals surface area contributed by atoms with Crippen molar-refractivity contribution in [2.75, 3.05) is 7.11 Å². The van der Waals surface area contributed by atoms with Crippen molar-refractivity contribution in [3.8, 4) is 17.4 Å². The van der Waals surface area contributed by atoms with E-state index in [1.54, 1.807) is 49.7 Å². The highest BCUT2D eigenvalue weighted by Gasteiger charge is 2.25. The zero-order valence-corrected chi connectivity index (χ0v) is 17.1. The number of allylic oxidation sites excluding steroid dienone is 2. The van der Waals surface area contributed by atoms with Gasteiger partial charge in [0.2, 0.25) is 5.88 Å². The van der Waals surface area contributed by atoms with Crippen molar-refractivity contribution in [3.63, 3.8) is 0 Å². The van der Waals surface area contributed by atoms with Gasteiger partial charge in [-0.05, 0) is 88.9 Å². The van der Waals surface area contributed by atoms with E-state index < -0.39 is 11.8 Å². The Balaban J connectivity index is 1.61. The number of carboxylic acids is 1. The van der Waals surface area contributed by atoms with Gasteiger partial charge >= 0.3 is 5.97 Å². The lowest BCUT2D eigenvalue weighted by Crippen LogP contribution is -1.97. The van der Waals surface area contributed by atoms with Crippen molar-refractivity contribution in [1.29, 1.82) is 0 Å². The molecule has 31 heavy (non-hydrogen) atoms. The number of hydrogen-bond acceptors (Lipinski definition) is 4. The zero-order chi connectivity index (χ0) is 22.0. The van der Waals surface area contributed by atoms with Gasteiger partial charge in [-0.15, -0.1) is 0 Å². The molecule has 5 nitrogen and oxygen atoms in total. The third-order valence-corrected chi connectivity index (χ3v) is 5.13. The molecule has 0 saturated heterocycles. The zero-order valence-electron chi connectivity index (χ0n) is 17.1. The number of methoxy groups -OCH3 is 1. The van der Waals surface area contributed by atoms with Crippen LogP contribution in [0.2, 0.25) is 0 Å². The number of fused-ring (bicyclic) bond motifs is 1. The number of nitrogens with zero attached hydrogens (tertiary/aromatic N) is 1. The molecule has 6 heteroatoms. The number of aromatic nitrogens is 1. The number of aliphatic carboxylic acids is 1. The fourth-order valence-corrected chi connectivity index (χ4v) is 3.60. The minimum atomic E-state index is -0.951. The first-order valence-corrected chi connectivity index (χ1v) is 9.66. The van der Waals surface area contributed by atoms with E-state index in [1.807, 2.05) is 19.1 Å². The standard InChI is InChI=1S/C25H20FNO4/c1-15-21(20-9-4-17(26)12-23(20)22(15)13-25(28)29)11-16-3-10-24(27-14-16)31-19-7-5-18(30-2)6-8-19/h3-12,14H,13H2,1-2H3,(H,28,29)/b21-11+. The average molecular weight is 417 g/mol. The van der Waals surface area contributed by atoms with Crippen molar-refractivity contribution < 1.29 is 23.8 Å². The Labute approximate surface area is 179 Å². The fourth-order valence-electron chi connectivity index (χ4n) is 3.60. The normalized spacial score (nSPS) is 14.0. The molecule has 0 aliphatic heterocycles. The molecule has 0 unspecified atom stereocenters. The molecule has 3 aromatic rings. The van der Waals surface area contributed by atoms with Crippen molar-refractivity contribution in [2.24, 2.45) is 0 Å². The smallest absolute Gasteiger partial charge is 0.307 e. The Bertz CT molecular complexity index is 1200. The van der Waals surface area contributed by atoms with Crippen LogP contribution in [0.1, 0.15) is 30.0 Å². The number of ether oxygens (including phenoxy) is 2. The molecule has 1 heterocycles. The summed E-state index contributed by atoms with van der Waals surface area (Å²) in [5.74, 6) is 0.484. The van der Waals surface area contributed by atoms with Crippen LogP contribution < -0.4 is 9.47 Å². The largest absolute Gasteiger partial charge is 0.497 e. The molecule has 0 bridgehead atoms. The monoisotopic (exact) mass is 417 g/mol. The van der Waals surface area contributed by atoms with Crippen LogP contribution in [0.25, 0.3) is 17.2 Å². The predicted molar refractivity (Wildman–Crippen MR) is 116 cm³/mol. The maximum absolute atomic E-state index is 13.8. The number of benzene rings is 2. The molecule has 1 N–H and O–H groups in total. The molecule has 0 saturated carbocycles. The lowest BCUT2D eigenvalue weighted by atomic mass is 10.0. The van der Waals surface area contributed by atoms with Gasteiger partial charge < -0.3 is 14.6 Å². The Morgan fingerprint density at radius 2 is 1.81 bits per heavy atom. The third kappa shape index (κ3) is 4.33. The molecule has 0 atom stereocenters. The predicted octanol–water partition coefficient (Wildman–Crippen LogP) is 5.82. The summed E-state index contributed by atoms with van der Waals surface area (Å²) in [7, 11) is 1.60. The van der Waals surface area contributed by atoms with Gasteiger partial charge in [0.25, 0.3) is 0 Å². The number of hydrogen-bond donors (Lipinski definition) is 1. The summed E-state index contributed by atoms with van der Waals surface area (Å²) in [5, 5.41) is 9.27. The summed E-state index contributed by atoms with van der Waals surface area (Å²) in [5.41, 5.74) is 4.56. The van der Waals surface area contributed by atoms with Gasteiger partial charge in [-0.3, -0.25) is 4.79 Å². The summed E-state index contributed by atoms with van der Waals surface area (Å²) >= 11 is 0. The quantitative estimate of drug-likeness (QED) is 0.547. The SMILES string of the molecule is COc1ccc(Oc2ccc(/C=C3\C(C)=C(CC(=O)O)c4cc(F)ccc43)cn2)cc1. The lowest BCUT2D eigenvalue weighted by Gasteiger charge is -2.07. The van der Waals surface area contributed by atoms with Crippen LogP contribution in [-0.2, 0) is 4.79 Å². The van der Waals surface area contributed by atoms with Crippen LogP contribution in [0.5, 0.6) is 17.4 Å².